The lowest BCUT2D eigenvalue weighted by Gasteiger charge is -2.28. The molecular formula is C35H32NOPS. The summed E-state index contributed by atoms with van der Waals surface area (Å²) in [5.41, 5.74) is 7.49. The number of ether oxygens (including phenoxy) is 1. The molecule has 0 spiro atoms. The molecule has 0 fully saturated rings. The van der Waals surface area contributed by atoms with Gasteiger partial charge in [0.25, 0.3) is 0 Å². The van der Waals surface area contributed by atoms with Crippen LogP contribution in [0.3, 0.4) is 0 Å². The highest BCUT2D eigenvalue weighted by Crippen LogP contribution is 2.44. The monoisotopic (exact) mass is 545 g/mol. The summed E-state index contributed by atoms with van der Waals surface area (Å²) in [5.74, 6) is 0. The number of nitrogens with zero attached hydrogens (tertiary/aromatic N) is 1. The van der Waals surface area contributed by atoms with E-state index in [0.717, 1.165) is 31.4 Å². The molecule has 1 aromatic heterocycles. The third-order valence-corrected chi connectivity index (χ3v) is 12.8. The van der Waals surface area contributed by atoms with Gasteiger partial charge < -0.3 is 4.74 Å². The smallest absolute Gasteiger partial charge is 0.124 e. The van der Waals surface area contributed by atoms with Crippen molar-refractivity contribution < 1.29 is 4.74 Å². The number of pyridine rings is 1. The molecule has 1 atom stereocenters. The first-order valence-corrected chi connectivity index (χ1v) is 16.4. The molecule has 0 saturated carbocycles. The molecular weight excluding hydrogens is 513 g/mol. The summed E-state index contributed by atoms with van der Waals surface area (Å²) >= 11 is 6.76. The SMILES string of the molecule is CO[C@@H](c1ccccn1)c1cc2ccc1CCc1ccc(c(P(=S)(c3ccccc3)c3ccccc3)c1)CC2. The zero-order valence-electron chi connectivity index (χ0n) is 22.2. The molecule has 9 rings (SSSR count). The van der Waals surface area contributed by atoms with Crippen LogP contribution in [0.15, 0.2) is 121 Å². The van der Waals surface area contributed by atoms with Crippen molar-refractivity contribution in [3.05, 3.63) is 155 Å². The van der Waals surface area contributed by atoms with E-state index >= 15 is 0 Å². The second-order valence-corrected chi connectivity index (χ2v) is 14.5. The minimum Gasteiger partial charge on any atom is -0.370 e. The standard InChI is InChI=1S/C35H32NOPS/c1-37-35(33-14-8-9-23-36-33)32-24-26-15-19-28(32)20-16-27-18-22-29(21-17-26)34(25-27)38(39,30-10-4-2-5-11-30)31-12-6-3-7-13-31/h2-15,18-19,22-25,35H,16-17,20-21H2,1H3/t35-/m1/s1. The molecule has 194 valence electrons. The first-order chi connectivity index (χ1) is 19.2. The van der Waals surface area contributed by atoms with Gasteiger partial charge in [-0.15, -0.1) is 0 Å². The molecule has 0 amide bonds. The predicted octanol–water partition coefficient (Wildman–Crippen LogP) is 6.46. The highest BCUT2D eigenvalue weighted by Gasteiger charge is 2.28. The zero-order valence-corrected chi connectivity index (χ0v) is 23.9. The molecule has 1 heterocycles. The highest BCUT2D eigenvalue weighted by molar-refractivity contribution is 8.25. The minimum atomic E-state index is -2.23. The van der Waals surface area contributed by atoms with Gasteiger partial charge in [-0.1, -0.05) is 109 Å². The molecule has 4 heteroatoms. The van der Waals surface area contributed by atoms with E-state index in [0.29, 0.717) is 0 Å². The fourth-order valence-corrected chi connectivity index (χ4v) is 9.96. The molecule has 2 nitrogen and oxygen atoms in total. The zero-order chi connectivity index (χ0) is 26.7. The van der Waals surface area contributed by atoms with Crippen molar-refractivity contribution in [3.8, 4) is 0 Å². The van der Waals surface area contributed by atoms with Gasteiger partial charge in [-0.3, -0.25) is 4.98 Å². The molecule has 4 bridgehead atoms. The van der Waals surface area contributed by atoms with Crippen LogP contribution in [-0.2, 0) is 42.2 Å². The van der Waals surface area contributed by atoms with E-state index in [1.54, 1.807) is 7.11 Å². The number of methoxy groups -OCH3 is 1. The molecule has 0 radical (unpaired) electrons. The number of rotatable bonds is 6. The average molecular weight is 546 g/mol. The Morgan fingerprint density at radius 2 is 1.26 bits per heavy atom. The van der Waals surface area contributed by atoms with E-state index in [-0.39, 0.29) is 6.10 Å². The van der Waals surface area contributed by atoms with Crippen molar-refractivity contribution in [3.63, 3.8) is 0 Å². The van der Waals surface area contributed by atoms with Crippen LogP contribution < -0.4 is 15.9 Å². The Morgan fingerprint density at radius 1 is 0.667 bits per heavy atom. The number of aromatic nitrogens is 1. The summed E-state index contributed by atoms with van der Waals surface area (Å²) < 4.78 is 6.03. The predicted molar refractivity (Wildman–Crippen MR) is 167 cm³/mol. The molecule has 0 N–H and O–H groups in total. The summed E-state index contributed by atoms with van der Waals surface area (Å²) in [6.45, 7) is 0. The lowest BCUT2D eigenvalue weighted by molar-refractivity contribution is 0.132. The van der Waals surface area contributed by atoms with E-state index < -0.39 is 6.04 Å². The molecule has 0 unspecified atom stereocenters. The van der Waals surface area contributed by atoms with Crippen LogP contribution in [0.25, 0.3) is 0 Å². The summed E-state index contributed by atoms with van der Waals surface area (Å²) in [7, 11) is 1.78. The van der Waals surface area contributed by atoms with E-state index in [1.165, 1.54) is 43.7 Å². The molecule has 5 aromatic rings. The third-order valence-electron chi connectivity index (χ3n) is 7.78. The average Bonchev–Trinajstić information content (AvgIpc) is 3.00. The Labute approximate surface area is 236 Å². The summed E-state index contributed by atoms with van der Waals surface area (Å²) in [5, 5.41) is 3.84. The van der Waals surface area contributed by atoms with Gasteiger partial charge in [-0.25, -0.2) is 0 Å². The molecule has 4 aliphatic rings. The topological polar surface area (TPSA) is 22.1 Å². The lowest BCUT2D eigenvalue weighted by Crippen LogP contribution is -2.28. The maximum atomic E-state index is 6.76. The quantitative estimate of drug-likeness (QED) is 0.229. The van der Waals surface area contributed by atoms with Gasteiger partial charge in [0.1, 0.15) is 6.10 Å². The van der Waals surface area contributed by atoms with Gasteiger partial charge in [0.15, 0.2) is 0 Å². The van der Waals surface area contributed by atoms with Crippen molar-refractivity contribution >= 4 is 33.8 Å². The Hall–Kier alpha value is -3.36. The highest BCUT2D eigenvalue weighted by atomic mass is 32.4. The van der Waals surface area contributed by atoms with Gasteiger partial charge in [-0.05, 0) is 87.6 Å². The van der Waals surface area contributed by atoms with Gasteiger partial charge >= 0.3 is 0 Å². The first-order valence-electron chi connectivity index (χ1n) is 13.6. The van der Waals surface area contributed by atoms with Crippen LogP contribution in [0.4, 0.5) is 0 Å². The van der Waals surface area contributed by atoms with E-state index in [2.05, 4.69) is 108 Å². The summed E-state index contributed by atoms with van der Waals surface area (Å²) in [6, 6.07) is 39.4. The third kappa shape index (κ3) is 5.15. The molecule has 0 aliphatic heterocycles. The van der Waals surface area contributed by atoms with Crippen molar-refractivity contribution in [2.75, 3.05) is 7.11 Å². The van der Waals surface area contributed by atoms with Crippen LogP contribution >= 0.6 is 6.04 Å². The maximum absolute atomic E-state index is 6.76. The summed E-state index contributed by atoms with van der Waals surface area (Å²) in [6.07, 6.45) is 5.42. The van der Waals surface area contributed by atoms with Crippen molar-refractivity contribution in [2.45, 2.75) is 31.8 Å². The number of benzene rings is 4. The van der Waals surface area contributed by atoms with Crippen LogP contribution in [0, 0.1) is 0 Å². The van der Waals surface area contributed by atoms with Crippen molar-refractivity contribution in [1.29, 1.82) is 0 Å². The van der Waals surface area contributed by atoms with Gasteiger partial charge in [-0.2, -0.15) is 0 Å². The van der Waals surface area contributed by atoms with E-state index in [4.69, 9.17) is 16.5 Å². The fourth-order valence-electron chi connectivity index (χ4n) is 5.74. The molecule has 39 heavy (non-hydrogen) atoms. The minimum absolute atomic E-state index is 0.178. The van der Waals surface area contributed by atoms with Crippen molar-refractivity contribution in [1.82, 2.24) is 4.98 Å². The molecule has 0 saturated heterocycles. The van der Waals surface area contributed by atoms with E-state index in [9.17, 15) is 0 Å². The Kier molecular flexibility index (Phi) is 7.57. The summed E-state index contributed by atoms with van der Waals surface area (Å²) in [4.78, 5) is 4.62. The molecule has 4 aliphatic carbocycles. The Bertz CT molecular complexity index is 1580. The van der Waals surface area contributed by atoms with Gasteiger partial charge in [0, 0.05) is 19.3 Å². The van der Waals surface area contributed by atoms with Crippen molar-refractivity contribution in [2.24, 2.45) is 0 Å². The molecule has 4 aromatic carbocycles. The van der Waals surface area contributed by atoms with Crippen LogP contribution in [-0.4, -0.2) is 12.1 Å². The van der Waals surface area contributed by atoms with Gasteiger partial charge in [0.2, 0.25) is 0 Å². The maximum Gasteiger partial charge on any atom is 0.124 e. The van der Waals surface area contributed by atoms with Crippen LogP contribution in [0.2, 0.25) is 0 Å². The number of hydrogen-bond donors (Lipinski definition) is 0. The number of aryl methyl sites for hydroxylation is 4. The Morgan fingerprint density at radius 3 is 1.87 bits per heavy atom. The second kappa shape index (κ2) is 11.4. The van der Waals surface area contributed by atoms with Crippen LogP contribution in [0.5, 0.6) is 0 Å². The van der Waals surface area contributed by atoms with Gasteiger partial charge in [0.05, 0.1) is 5.69 Å². The lowest BCUT2D eigenvalue weighted by atomic mass is 9.90. The van der Waals surface area contributed by atoms with E-state index in [1.807, 2.05) is 18.3 Å². The fraction of sp³-hybridized carbons (Fsp3) is 0.171. The first kappa shape index (κ1) is 25.9. The second-order valence-electron chi connectivity index (χ2n) is 10.1. The normalized spacial score (nSPS) is 14.0. The Balaban J connectivity index is 1.45. The van der Waals surface area contributed by atoms with Crippen LogP contribution in [0.1, 0.15) is 39.6 Å². The largest absolute Gasteiger partial charge is 0.370 e. The number of hydrogen-bond acceptors (Lipinski definition) is 3.